The summed E-state index contributed by atoms with van der Waals surface area (Å²) in [4.78, 5) is 8.72. The maximum atomic E-state index is 5.34. The van der Waals surface area contributed by atoms with Gasteiger partial charge in [-0.2, -0.15) is 0 Å². The van der Waals surface area contributed by atoms with E-state index in [1.807, 2.05) is 6.92 Å². The fourth-order valence-corrected chi connectivity index (χ4v) is 1.43. The molecule has 0 amide bonds. The van der Waals surface area contributed by atoms with Crippen molar-refractivity contribution in [2.75, 3.05) is 7.11 Å². The smallest absolute Gasteiger partial charge is 0.162 e. The van der Waals surface area contributed by atoms with Gasteiger partial charge in [0.25, 0.3) is 0 Å². The van der Waals surface area contributed by atoms with Crippen LogP contribution < -0.4 is 4.74 Å². The lowest BCUT2D eigenvalue weighted by molar-refractivity contribution is 0.385. The van der Waals surface area contributed by atoms with Crippen LogP contribution in [0.25, 0.3) is 6.08 Å². The number of nitrogens with zero attached hydrogens (tertiary/aromatic N) is 2. The minimum atomic E-state index is -0.0587. The van der Waals surface area contributed by atoms with Gasteiger partial charge in [-0.1, -0.05) is 27.4 Å². The third-order valence-corrected chi connectivity index (χ3v) is 2.15. The molecular formula is C12H18N2O. The van der Waals surface area contributed by atoms with Crippen LogP contribution in [0.5, 0.6) is 5.75 Å². The monoisotopic (exact) mass is 206 g/mol. The predicted octanol–water partition coefficient (Wildman–Crippen LogP) is 2.73. The third-order valence-electron chi connectivity index (χ3n) is 2.15. The Morgan fingerprint density at radius 1 is 1.27 bits per heavy atom. The molecule has 0 aromatic carbocycles. The van der Waals surface area contributed by atoms with Crippen LogP contribution in [0.3, 0.4) is 0 Å². The molecule has 3 heteroatoms. The molecule has 3 nitrogen and oxygen atoms in total. The van der Waals surface area contributed by atoms with Crippen molar-refractivity contribution in [2.45, 2.75) is 33.1 Å². The molecule has 0 saturated carbocycles. The second-order valence-electron chi connectivity index (χ2n) is 4.50. The molecule has 0 aliphatic carbocycles. The number of ether oxygens (including phenoxy) is 1. The summed E-state index contributed by atoms with van der Waals surface area (Å²) in [6, 6.07) is 0. The molecule has 1 rings (SSSR count). The van der Waals surface area contributed by atoms with Gasteiger partial charge in [-0.15, -0.1) is 0 Å². The van der Waals surface area contributed by atoms with Gasteiger partial charge in [-0.25, -0.2) is 9.97 Å². The minimum Gasteiger partial charge on any atom is -0.493 e. The van der Waals surface area contributed by atoms with Gasteiger partial charge >= 0.3 is 0 Å². The van der Waals surface area contributed by atoms with Crippen LogP contribution in [-0.4, -0.2) is 17.1 Å². The van der Waals surface area contributed by atoms with Gasteiger partial charge in [0.2, 0.25) is 0 Å². The largest absolute Gasteiger partial charge is 0.493 e. The maximum absolute atomic E-state index is 5.34. The summed E-state index contributed by atoms with van der Waals surface area (Å²) >= 11 is 0. The molecular weight excluding hydrogens is 188 g/mol. The summed E-state index contributed by atoms with van der Waals surface area (Å²) in [5, 5.41) is 0. The number of hydrogen-bond donors (Lipinski definition) is 0. The van der Waals surface area contributed by atoms with Crippen molar-refractivity contribution < 1.29 is 4.74 Å². The zero-order chi connectivity index (χ0) is 11.6. The topological polar surface area (TPSA) is 35.0 Å². The van der Waals surface area contributed by atoms with E-state index in [1.165, 1.54) is 0 Å². The lowest BCUT2D eigenvalue weighted by atomic mass is 9.90. The highest BCUT2D eigenvalue weighted by Gasteiger charge is 2.23. The summed E-state index contributed by atoms with van der Waals surface area (Å²) in [6.07, 6.45) is 1.65. The van der Waals surface area contributed by atoms with Crippen LogP contribution in [-0.2, 0) is 5.41 Å². The zero-order valence-corrected chi connectivity index (χ0v) is 10.1. The van der Waals surface area contributed by atoms with E-state index in [9.17, 15) is 0 Å². The van der Waals surface area contributed by atoms with Crippen LogP contribution in [0, 0.1) is 6.92 Å². The average molecular weight is 206 g/mol. The highest BCUT2D eigenvalue weighted by molar-refractivity contribution is 5.43. The molecule has 0 bridgehead atoms. The molecule has 0 saturated heterocycles. The first kappa shape index (κ1) is 11.7. The predicted molar refractivity (Wildman–Crippen MR) is 62.1 cm³/mol. The summed E-state index contributed by atoms with van der Waals surface area (Å²) < 4.78 is 5.34. The Hall–Kier alpha value is -1.38. The second kappa shape index (κ2) is 4.01. The molecule has 0 aliphatic heterocycles. The van der Waals surface area contributed by atoms with E-state index in [2.05, 4.69) is 37.3 Å². The average Bonchev–Trinajstić information content (AvgIpc) is 2.15. The first-order valence-electron chi connectivity index (χ1n) is 4.95. The highest BCUT2D eigenvalue weighted by atomic mass is 16.5. The van der Waals surface area contributed by atoms with Crippen molar-refractivity contribution in [2.24, 2.45) is 0 Å². The zero-order valence-electron chi connectivity index (χ0n) is 10.1. The lowest BCUT2D eigenvalue weighted by Gasteiger charge is -2.21. The molecule has 1 aromatic rings. The highest BCUT2D eigenvalue weighted by Crippen LogP contribution is 2.31. The van der Waals surface area contributed by atoms with Gasteiger partial charge in [0, 0.05) is 5.41 Å². The van der Waals surface area contributed by atoms with E-state index in [0.717, 1.165) is 17.1 Å². The van der Waals surface area contributed by atoms with E-state index in [0.29, 0.717) is 5.82 Å². The van der Waals surface area contributed by atoms with Crippen LogP contribution in [0.1, 0.15) is 38.0 Å². The number of methoxy groups -OCH3 is 1. The fraction of sp³-hybridized carbons (Fsp3) is 0.500. The number of aromatic nitrogens is 2. The Morgan fingerprint density at radius 3 is 2.27 bits per heavy atom. The Kier molecular flexibility index (Phi) is 3.12. The van der Waals surface area contributed by atoms with Crippen molar-refractivity contribution in [3.63, 3.8) is 0 Å². The lowest BCUT2D eigenvalue weighted by Crippen LogP contribution is -2.17. The van der Waals surface area contributed by atoms with Gasteiger partial charge in [0.15, 0.2) is 11.6 Å². The molecule has 0 spiro atoms. The molecule has 0 N–H and O–H groups in total. The maximum Gasteiger partial charge on any atom is 0.162 e. The molecule has 0 aliphatic rings. The molecule has 0 radical (unpaired) electrons. The molecule has 1 aromatic heterocycles. The van der Waals surface area contributed by atoms with Gasteiger partial charge in [-0.05, 0) is 13.0 Å². The summed E-state index contributed by atoms with van der Waals surface area (Å²) in [7, 11) is 1.65. The van der Waals surface area contributed by atoms with Crippen LogP contribution in [0.2, 0.25) is 0 Å². The molecule has 0 fully saturated rings. The number of aryl methyl sites for hydroxylation is 1. The fourth-order valence-electron chi connectivity index (χ4n) is 1.43. The Morgan fingerprint density at radius 2 is 1.87 bits per heavy atom. The van der Waals surface area contributed by atoms with E-state index in [1.54, 1.807) is 13.2 Å². The summed E-state index contributed by atoms with van der Waals surface area (Å²) in [6.45, 7) is 11.9. The van der Waals surface area contributed by atoms with Crippen molar-refractivity contribution >= 4 is 6.08 Å². The van der Waals surface area contributed by atoms with Gasteiger partial charge < -0.3 is 4.74 Å². The van der Waals surface area contributed by atoms with Crippen molar-refractivity contribution in [3.8, 4) is 5.75 Å². The van der Waals surface area contributed by atoms with E-state index < -0.39 is 0 Å². The Bertz CT molecular complexity index is 378. The molecule has 1 heterocycles. The van der Waals surface area contributed by atoms with Crippen LogP contribution in [0.15, 0.2) is 6.58 Å². The van der Waals surface area contributed by atoms with Crippen molar-refractivity contribution in [1.82, 2.24) is 9.97 Å². The Labute approximate surface area is 91.2 Å². The van der Waals surface area contributed by atoms with Gasteiger partial charge in [-0.3, -0.25) is 0 Å². The molecule has 0 unspecified atom stereocenters. The van der Waals surface area contributed by atoms with Gasteiger partial charge in [0.1, 0.15) is 0 Å². The Balaban J connectivity index is 3.45. The first-order valence-corrected chi connectivity index (χ1v) is 4.95. The van der Waals surface area contributed by atoms with E-state index in [-0.39, 0.29) is 5.41 Å². The SMILES string of the molecule is C=Cc1nc(C)c(OC)c(C(C)(C)C)n1. The molecule has 15 heavy (non-hydrogen) atoms. The number of rotatable bonds is 2. The van der Waals surface area contributed by atoms with E-state index in [4.69, 9.17) is 4.74 Å². The minimum absolute atomic E-state index is 0.0587. The quantitative estimate of drug-likeness (QED) is 0.746. The van der Waals surface area contributed by atoms with Crippen LogP contribution in [0.4, 0.5) is 0 Å². The summed E-state index contributed by atoms with van der Waals surface area (Å²) in [5.41, 5.74) is 1.72. The summed E-state index contributed by atoms with van der Waals surface area (Å²) in [5.74, 6) is 1.42. The first-order chi connectivity index (χ1) is 6.90. The van der Waals surface area contributed by atoms with Crippen LogP contribution >= 0.6 is 0 Å². The normalized spacial score (nSPS) is 11.3. The molecule has 0 atom stereocenters. The van der Waals surface area contributed by atoms with E-state index >= 15 is 0 Å². The standard InChI is InChI=1S/C12H18N2O/c1-7-9-13-8(2)10(15-6)11(14-9)12(3,4)5/h7H,1H2,2-6H3. The number of hydrogen-bond acceptors (Lipinski definition) is 3. The van der Waals surface area contributed by atoms with Crippen molar-refractivity contribution in [1.29, 1.82) is 0 Å². The third kappa shape index (κ3) is 2.35. The van der Waals surface area contributed by atoms with Gasteiger partial charge in [0.05, 0.1) is 18.5 Å². The second-order valence-corrected chi connectivity index (χ2v) is 4.50. The molecule has 82 valence electrons. The van der Waals surface area contributed by atoms with Crippen molar-refractivity contribution in [3.05, 3.63) is 23.8 Å².